The molecule has 2 nitrogen and oxygen atoms in total. The quantitative estimate of drug-likeness (QED) is 0.687. The van der Waals surface area contributed by atoms with E-state index in [9.17, 15) is 0 Å². The normalized spacial score (nSPS) is 10.3. The third-order valence-corrected chi connectivity index (χ3v) is 2.48. The van der Waals surface area contributed by atoms with E-state index in [0.717, 1.165) is 12.2 Å². The van der Waals surface area contributed by atoms with E-state index < -0.39 is 0 Å². The molecule has 84 valence electrons. The summed E-state index contributed by atoms with van der Waals surface area (Å²) >= 11 is 0. The molecule has 0 radical (unpaired) electrons. The summed E-state index contributed by atoms with van der Waals surface area (Å²) in [7, 11) is 0. The van der Waals surface area contributed by atoms with Crippen LogP contribution in [0, 0.1) is 6.92 Å². The zero-order valence-corrected chi connectivity index (χ0v) is 9.92. The van der Waals surface area contributed by atoms with Gasteiger partial charge in [-0.1, -0.05) is 32.6 Å². The number of nitrogens with one attached hydrogen (secondary N) is 1. The van der Waals surface area contributed by atoms with Gasteiger partial charge in [0.1, 0.15) is 0 Å². The van der Waals surface area contributed by atoms with E-state index in [1.807, 2.05) is 12.4 Å². The highest BCUT2D eigenvalue weighted by molar-refractivity contribution is 5.42. The van der Waals surface area contributed by atoms with Crippen molar-refractivity contribution >= 4 is 5.69 Å². The van der Waals surface area contributed by atoms with Crippen LogP contribution in [0.3, 0.4) is 0 Å². The zero-order chi connectivity index (χ0) is 10.9. The molecule has 0 unspecified atom stereocenters. The predicted octanol–water partition coefficient (Wildman–Crippen LogP) is 3.77. The van der Waals surface area contributed by atoms with E-state index in [1.165, 1.54) is 37.7 Å². The second kappa shape index (κ2) is 7.27. The number of hydrogen-bond acceptors (Lipinski definition) is 2. The maximum atomic E-state index is 4.15. The Labute approximate surface area is 93.1 Å². The second-order valence-corrected chi connectivity index (χ2v) is 4.09. The smallest absolute Gasteiger partial charge is 0.0529 e. The minimum atomic E-state index is 1.06. The van der Waals surface area contributed by atoms with Gasteiger partial charge in [-0.15, -0.1) is 0 Å². The monoisotopic (exact) mass is 206 g/mol. The van der Waals surface area contributed by atoms with Crippen LogP contribution in [0.4, 0.5) is 5.69 Å². The molecule has 2 heteroatoms. The van der Waals surface area contributed by atoms with Crippen molar-refractivity contribution in [3.63, 3.8) is 0 Å². The van der Waals surface area contributed by atoms with Gasteiger partial charge in [0.15, 0.2) is 0 Å². The number of nitrogens with zero attached hydrogens (tertiary/aromatic N) is 1. The Kier molecular flexibility index (Phi) is 5.83. The summed E-state index contributed by atoms with van der Waals surface area (Å²) in [6, 6.07) is 2.14. The molecule has 0 aliphatic rings. The van der Waals surface area contributed by atoms with Crippen LogP contribution in [0.1, 0.15) is 44.6 Å². The van der Waals surface area contributed by atoms with Crippen LogP contribution in [0.2, 0.25) is 0 Å². The first-order valence-electron chi connectivity index (χ1n) is 5.98. The van der Waals surface area contributed by atoms with Crippen molar-refractivity contribution in [1.82, 2.24) is 4.98 Å². The third-order valence-electron chi connectivity index (χ3n) is 2.48. The molecule has 0 saturated heterocycles. The Bertz CT molecular complexity index is 271. The Morgan fingerprint density at radius 2 is 1.93 bits per heavy atom. The number of unbranched alkanes of at least 4 members (excludes halogenated alkanes) is 4. The molecule has 0 amide bonds. The molecule has 1 heterocycles. The maximum absolute atomic E-state index is 4.15. The number of aryl methyl sites for hydroxylation is 1. The molecule has 1 rings (SSSR count). The molecule has 0 aromatic carbocycles. The largest absolute Gasteiger partial charge is 0.384 e. The minimum absolute atomic E-state index is 1.06. The van der Waals surface area contributed by atoms with Crippen LogP contribution in [-0.2, 0) is 0 Å². The molecular weight excluding hydrogens is 184 g/mol. The summed E-state index contributed by atoms with van der Waals surface area (Å²) in [5.41, 5.74) is 2.36. The Morgan fingerprint density at radius 3 is 2.67 bits per heavy atom. The Hall–Kier alpha value is -1.05. The van der Waals surface area contributed by atoms with Gasteiger partial charge in [-0.2, -0.15) is 0 Å². The molecule has 1 aromatic rings. The number of anilines is 1. The van der Waals surface area contributed by atoms with E-state index in [0.29, 0.717) is 0 Å². The fourth-order valence-corrected chi connectivity index (χ4v) is 1.61. The summed E-state index contributed by atoms with van der Waals surface area (Å²) in [6.07, 6.45) is 10.4. The van der Waals surface area contributed by atoms with Gasteiger partial charge in [-0.3, -0.25) is 4.98 Å². The Morgan fingerprint density at radius 1 is 1.13 bits per heavy atom. The second-order valence-electron chi connectivity index (χ2n) is 4.09. The highest BCUT2D eigenvalue weighted by atomic mass is 14.9. The van der Waals surface area contributed by atoms with E-state index >= 15 is 0 Å². The highest BCUT2D eigenvalue weighted by Crippen LogP contribution is 2.08. The molecule has 1 aromatic heterocycles. The van der Waals surface area contributed by atoms with E-state index in [1.54, 1.807) is 0 Å². The van der Waals surface area contributed by atoms with Crippen molar-refractivity contribution in [2.45, 2.75) is 46.0 Å². The molecule has 0 aliphatic carbocycles. The van der Waals surface area contributed by atoms with Crippen molar-refractivity contribution in [1.29, 1.82) is 0 Å². The van der Waals surface area contributed by atoms with Gasteiger partial charge in [0, 0.05) is 18.9 Å². The molecule has 15 heavy (non-hydrogen) atoms. The summed E-state index contributed by atoms with van der Waals surface area (Å²) in [4.78, 5) is 4.15. The van der Waals surface area contributed by atoms with Crippen LogP contribution in [0.25, 0.3) is 0 Å². The van der Waals surface area contributed by atoms with Crippen molar-refractivity contribution < 1.29 is 0 Å². The topological polar surface area (TPSA) is 24.9 Å². The number of aromatic nitrogens is 1. The molecule has 0 aliphatic heterocycles. The fraction of sp³-hybridized carbons (Fsp3) is 0.615. The predicted molar refractivity (Wildman–Crippen MR) is 66.2 cm³/mol. The average Bonchev–Trinajstić information content (AvgIpc) is 2.23. The van der Waals surface area contributed by atoms with Gasteiger partial charge < -0.3 is 5.32 Å². The lowest BCUT2D eigenvalue weighted by Gasteiger charge is -2.06. The van der Waals surface area contributed by atoms with Crippen LogP contribution >= 0.6 is 0 Å². The van der Waals surface area contributed by atoms with E-state index in [2.05, 4.69) is 30.2 Å². The van der Waals surface area contributed by atoms with Gasteiger partial charge in [0.05, 0.1) is 5.69 Å². The first-order valence-corrected chi connectivity index (χ1v) is 5.98. The van der Waals surface area contributed by atoms with Gasteiger partial charge in [0.2, 0.25) is 0 Å². The third kappa shape index (κ3) is 5.40. The molecule has 1 N–H and O–H groups in total. The summed E-state index contributed by atoms with van der Waals surface area (Å²) in [6.45, 7) is 5.38. The first-order chi connectivity index (χ1) is 7.33. The SMILES string of the molecule is CCCCCCCNc1cncc(C)c1. The molecule has 0 saturated carbocycles. The Balaban J connectivity index is 2.10. The molecule has 0 fully saturated rings. The van der Waals surface area contributed by atoms with Gasteiger partial charge in [0.25, 0.3) is 0 Å². The van der Waals surface area contributed by atoms with Crippen molar-refractivity contribution in [3.8, 4) is 0 Å². The average molecular weight is 206 g/mol. The highest BCUT2D eigenvalue weighted by Gasteiger charge is 1.93. The maximum Gasteiger partial charge on any atom is 0.0529 e. The molecule has 0 bridgehead atoms. The zero-order valence-electron chi connectivity index (χ0n) is 9.92. The molecular formula is C13H22N2. The number of pyridine rings is 1. The molecule has 0 spiro atoms. The van der Waals surface area contributed by atoms with Gasteiger partial charge in [-0.05, 0) is 25.0 Å². The summed E-state index contributed by atoms with van der Waals surface area (Å²) in [5, 5.41) is 3.40. The van der Waals surface area contributed by atoms with Crippen molar-refractivity contribution in [2.24, 2.45) is 0 Å². The lowest BCUT2D eigenvalue weighted by Crippen LogP contribution is -2.01. The van der Waals surface area contributed by atoms with Crippen molar-refractivity contribution in [2.75, 3.05) is 11.9 Å². The van der Waals surface area contributed by atoms with Gasteiger partial charge in [-0.25, -0.2) is 0 Å². The first kappa shape index (κ1) is 12.0. The van der Waals surface area contributed by atoms with Crippen molar-refractivity contribution in [3.05, 3.63) is 24.0 Å². The lowest BCUT2D eigenvalue weighted by molar-refractivity contribution is 0.645. The van der Waals surface area contributed by atoms with Crippen LogP contribution in [-0.4, -0.2) is 11.5 Å². The summed E-state index contributed by atoms with van der Waals surface area (Å²) < 4.78 is 0. The number of rotatable bonds is 7. The molecule has 0 atom stereocenters. The standard InChI is InChI=1S/C13H22N2/c1-3-4-5-6-7-8-15-13-9-12(2)10-14-11-13/h9-11,15H,3-8H2,1-2H3. The minimum Gasteiger partial charge on any atom is -0.384 e. The number of hydrogen-bond donors (Lipinski definition) is 1. The fourth-order valence-electron chi connectivity index (χ4n) is 1.61. The lowest BCUT2D eigenvalue weighted by atomic mass is 10.1. The van der Waals surface area contributed by atoms with E-state index in [4.69, 9.17) is 0 Å². The summed E-state index contributed by atoms with van der Waals surface area (Å²) in [5.74, 6) is 0. The van der Waals surface area contributed by atoms with Crippen LogP contribution in [0.5, 0.6) is 0 Å². The van der Waals surface area contributed by atoms with Crippen LogP contribution in [0.15, 0.2) is 18.5 Å². The van der Waals surface area contributed by atoms with E-state index in [-0.39, 0.29) is 0 Å². The van der Waals surface area contributed by atoms with Gasteiger partial charge >= 0.3 is 0 Å². The van der Waals surface area contributed by atoms with Crippen LogP contribution < -0.4 is 5.32 Å².